The van der Waals surface area contributed by atoms with Gasteiger partial charge in [-0.1, -0.05) is 18.5 Å². The molecule has 1 saturated carbocycles. The van der Waals surface area contributed by atoms with Crippen molar-refractivity contribution in [2.45, 2.75) is 38.6 Å². The van der Waals surface area contributed by atoms with Crippen molar-refractivity contribution in [1.29, 1.82) is 0 Å². The molecule has 94 valence electrons. The number of aromatic nitrogens is 4. The van der Waals surface area contributed by atoms with Crippen LogP contribution >= 0.6 is 11.6 Å². The first kappa shape index (κ1) is 11.7. The van der Waals surface area contributed by atoms with E-state index >= 15 is 0 Å². The van der Waals surface area contributed by atoms with Crippen molar-refractivity contribution in [2.24, 2.45) is 0 Å². The summed E-state index contributed by atoms with van der Waals surface area (Å²) < 4.78 is 1.93. The largest absolute Gasteiger partial charge is 0.272 e. The van der Waals surface area contributed by atoms with E-state index in [0.29, 0.717) is 11.1 Å². The van der Waals surface area contributed by atoms with Crippen molar-refractivity contribution in [3.63, 3.8) is 0 Å². The zero-order valence-corrected chi connectivity index (χ0v) is 11.1. The second kappa shape index (κ2) is 4.69. The number of halogens is 1. The fourth-order valence-corrected chi connectivity index (χ4v) is 2.14. The lowest BCUT2D eigenvalue weighted by Gasteiger charge is -2.02. The Labute approximate surface area is 111 Å². The zero-order chi connectivity index (χ0) is 12.5. The third kappa shape index (κ3) is 2.38. The molecule has 0 unspecified atom stereocenters. The summed E-state index contributed by atoms with van der Waals surface area (Å²) in [5.74, 6) is 1.38. The lowest BCUT2D eigenvalue weighted by Crippen LogP contribution is -1.96. The summed E-state index contributed by atoms with van der Waals surface area (Å²) in [6.45, 7) is 3.06. The van der Waals surface area contributed by atoms with Crippen molar-refractivity contribution >= 4 is 11.6 Å². The second-order valence-corrected chi connectivity index (χ2v) is 5.09. The van der Waals surface area contributed by atoms with E-state index in [4.69, 9.17) is 11.6 Å². The molecule has 1 aliphatic rings. The number of nitrogens with zero attached hydrogens (tertiary/aromatic N) is 4. The minimum atomic E-state index is 0.508. The van der Waals surface area contributed by atoms with Gasteiger partial charge in [0.15, 0.2) is 0 Å². The number of rotatable bonds is 4. The highest BCUT2D eigenvalue weighted by Gasteiger charge is 2.27. The summed E-state index contributed by atoms with van der Waals surface area (Å²) in [5, 5.41) is 4.83. The van der Waals surface area contributed by atoms with Crippen LogP contribution in [0.25, 0.3) is 11.3 Å². The van der Waals surface area contributed by atoms with Crippen LogP contribution in [0, 0.1) is 0 Å². The molecule has 0 atom stereocenters. The lowest BCUT2D eigenvalue weighted by atomic mass is 10.2. The molecule has 0 aromatic carbocycles. The van der Waals surface area contributed by atoms with Crippen molar-refractivity contribution < 1.29 is 0 Å². The third-order valence-corrected chi connectivity index (χ3v) is 3.23. The van der Waals surface area contributed by atoms with Gasteiger partial charge in [0.1, 0.15) is 11.0 Å². The van der Waals surface area contributed by atoms with Gasteiger partial charge in [-0.15, -0.1) is 0 Å². The van der Waals surface area contributed by atoms with E-state index in [9.17, 15) is 0 Å². The van der Waals surface area contributed by atoms with Gasteiger partial charge in [-0.05, 0) is 19.3 Å². The van der Waals surface area contributed by atoms with Crippen LogP contribution in [0.15, 0.2) is 18.5 Å². The molecule has 3 rings (SSSR count). The van der Waals surface area contributed by atoms with Crippen molar-refractivity contribution in [3.8, 4) is 11.3 Å². The maximum atomic E-state index is 6.06. The van der Waals surface area contributed by atoms with Crippen LogP contribution in [0.4, 0.5) is 0 Å². The Morgan fingerprint density at radius 1 is 1.39 bits per heavy atom. The normalized spacial score (nSPS) is 15.0. The lowest BCUT2D eigenvalue weighted by molar-refractivity contribution is 0.603. The summed E-state index contributed by atoms with van der Waals surface area (Å²) in [6.07, 6.45) is 7.27. The maximum Gasteiger partial charge on any atom is 0.133 e. The highest BCUT2D eigenvalue weighted by molar-refractivity contribution is 6.29. The molecular weight excluding hydrogens is 248 g/mol. The minimum absolute atomic E-state index is 0.508. The Morgan fingerprint density at radius 3 is 2.94 bits per heavy atom. The van der Waals surface area contributed by atoms with Crippen LogP contribution in [0.2, 0.25) is 5.15 Å². The van der Waals surface area contributed by atoms with Crippen molar-refractivity contribution in [1.82, 2.24) is 19.7 Å². The van der Waals surface area contributed by atoms with Crippen LogP contribution < -0.4 is 0 Å². The third-order valence-electron chi connectivity index (χ3n) is 3.04. The fraction of sp³-hybridized carbons (Fsp3) is 0.462. The van der Waals surface area contributed by atoms with Crippen LogP contribution in [0.5, 0.6) is 0 Å². The van der Waals surface area contributed by atoms with Crippen molar-refractivity contribution in [3.05, 3.63) is 29.4 Å². The first-order valence-corrected chi connectivity index (χ1v) is 6.71. The number of hydrogen-bond acceptors (Lipinski definition) is 3. The Hall–Kier alpha value is -1.42. The molecule has 5 heteroatoms. The molecule has 0 radical (unpaired) electrons. The minimum Gasteiger partial charge on any atom is -0.272 e. The fourth-order valence-electron chi connectivity index (χ4n) is 1.95. The highest BCUT2D eigenvalue weighted by Crippen LogP contribution is 2.39. The van der Waals surface area contributed by atoms with E-state index in [2.05, 4.69) is 22.0 Å². The first-order chi connectivity index (χ1) is 8.76. The molecule has 0 bridgehead atoms. The standard InChI is InChI=1S/C13H15ClN4/c1-2-5-18-8-10(7-15-18)11-6-12(14)17-13(16-11)9-3-4-9/h6-9H,2-5H2,1H3. The van der Waals surface area contributed by atoms with Crippen LogP contribution in [-0.2, 0) is 6.54 Å². The molecule has 0 N–H and O–H groups in total. The van der Waals surface area contributed by atoms with Crippen molar-refractivity contribution in [2.75, 3.05) is 0 Å². The molecule has 1 fully saturated rings. The summed E-state index contributed by atoms with van der Waals surface area (Å²) in [5.41, 5.74) is 1.88. The van der Waals surface area contributed by atoms with E-state index in [0.717, 1.165) is 30.0 Å². The van der Waals surface area contributed by atoms with E-state index in [-0.39, 0.29) is 0 Å². The Bertz CT molecular complexity index is 560. The summed E-state index contributed by atoms with van der Waals surface area (Å²) in [7, 11) is 0. The van der Waals surface area contributed by atoms with Gasteiger partial charge in [0.25, 0.3) is 0 Å². The van der Waals surface area contributed by atoms with Gasteiger partial charge >= 0.3 is 0 Å². The van der Waals surface area contributed by atoms with Crippen LogP contribution in [0.3, 0.4) is 0 Å². The van der Waals surface area contributed by atoms with E-state index in [1.54, 1.807) is 6.07 Å². The summed E-state index contributed by atoms with van der Waals surface area (Å²) in [4.78, 5) is 8.88. The van der Waals surface area contributed by atoms with Gasteiger partial charge in [-0.3, -0.25) is 4.68 Å². The number of hydrogen-bond donors (Lipinski definition) is 0. The second-order valence-electron chi connectivity index (χ2n) is 4.70. The summed E-state index contributed by atoms with van der Waals surface area (Å²) >= 11 is 6.06. The molecular formula is C13H15ClN4. The first-order valence-electron chi connectivity index (χ1n) is 6.33. The Kier molecular flexibility index (Phi) is 3.04. The molecule has 2 aromatic heterocycles. The SMILES string of the molecule is CCCn1cc(-c2cc(Cl)nc(C3CC3)n2)cn1. The highest BCUT2D eigenvalue weighted by atomic mass is 35.5. The van der Waals surface area contributed by atoms with Crippen LogP contribution in [-0.4, -0.2) is 19.7 Å². The van der Waals surface area contributed by atoms with Gasteiger partial charge in [-0.25, -0.2) is 9.97 Å². The number of aryl methyl sites for hydroxylation is 1. The quantitative estimate of drug-likeness (QED) is 0.794. The predicted octanol–water partition coefficient (Wildman–Crippen LogP) is 3.28. The molecule has 0 amide bonds. The van der Waals surface area contributed by atoms with Gasteiger partial charge in [-0.2, -0.15) is 5.10 Å². The van der Waals surface area contributed by atoms with E-state index < -0.39 is 0 Å². The Balaban J connectivity index is 1.94. The monoisotopic (exact) mass is 262 g/mol. The molecule has 0 saturated heterocycles. The van der Waals surface area contributed by atoms with E-state index in [1.165, 1.54) is 12.8 Å². The molecule has 4 nitrogen and oxygen atoms in total. The van der Waals surface area contributed by atoms with Gasteiger partial charge in [0.05, 0.1) is 11.9 Å². The maximum absolute atomic E-state index is 6.06. The van der Waals surface area contributed by atoms with Gasteiger partial charge < -0.3 is 0 Å². The molecule has 2 aromatic rings. The predicted molar refractivity (Wildman–Crippen MR) is 70.5 cm³/mol. The van der Waals surface area contributed by atoms with E-state index in [1.807, 2.05) is 17.1 Å². The smallest absolute Gasteiger partial charge is 0.133 e. The molecule has 1 aliphatic carbocycles. The zero-order valence-electron chi connectivity index (χ0n) is 10.3. The average Bonchev–Trinajstić information content (AvgIpc) is 3.10. The molecule has 18 heavy (non-hydrogen) atoms. The molecule has 0 spiro atoms. The summed E-state index contributed by atoms with van der Waals surface area (Å²) in [6, 6.07) is 1.81. The molecule has 2 heterocycles. The average molecular weight is 263 g/mol. The van der Waals surface area contributed by atoms with Gasteiger partial charge in [0.2, 0.25) is 0 Å². The molecule has 0 aliphatic heterocycles. The Morgan fingerprint density at radius 2 is 2.22 bits per heavy atom. The van der Waals surface area contributed by atoms with Gasteiger partial charge in [0, 0.05) is 30.3 Å². The topological polar surface area (TPSA) is 43.6 Å². The van der Waals surface area contributed by atoms with Crippen LogP contribution in [0.1, 0.15) is 37.9 Å².